The van der Waals surface area contributed by atoms with Crippen LogP contribution in [0.2, 0.25) is 0 Å². The Morgan fingerprint density at radius 2 is 2.20 bits per heavy atom. The van der Waals surface area contributed by atoms with E-state index < -0.39 is 0 Å². The number of nitrogens with zero attached hydrogens (tertiary/aromatic N) is 2. The van der Waals surface area contributed by atoms with E-state index in [-0.39, 0.29) is 5.92 Å². The van der Waals surface area contributed by atoms with E-state index in [9.17, 15) is 4.79 Å². The number of aromatic nitrogens is 2. The minimum absolute atomic E-state index is 0.190. The first-order valence-electron chi connectivity index (χ1n) is 5.18. The number of hydrogen-bond acceptors (Lipinski definition) is 4. The molecule has 0 aliphatic heterocycles. The van der Waals surface area contributed by atoms with Gasteiger partial charge in [-0.05, 0) is 12.8 Å². The van der Waals surface area contributed by atoms with Crippen LogP contribution in [0.1, 0.15) is 37.3 Å². The van der Waals surface area contributed by atoms with E-state index in [0.29, 0.717) is 24.5 Å². The molecule has 1 aliphatic carbocycles. The van der Waals surface area contributed by atoms with Gasteiger partial charge >= 0.3 is 0 Å². The maximum atomic E-state index is 11.4. The second-order valence-electron chi connectivity index (χ2n) is 3.78. The van der Waals surface area contributed by atoms with Crippen molar-refractivity contribution in [2.75, 3.05) is 7.11 Å². The van der Waals surface area contributed by atoms with Crippen molar-refractivity contribution in [1.82, 2.24) is 9.97 Å². The first-order chi connectivity index (χ1) is 7.31. The van der Waals surface area contributed by atoms with Crippen LogP contribution in [0, 0.1) is 0 Å². The summed E-state index contributed by atoms with van der Waals surface area (Å²) in [4.78, 5) is 19.7. The highest BCUT2D eigenvalue weighted by molar-refractivity contribution is 5.80. The zero-order valence-corrected chi connectivity index (χ0v) is 8.77. The Morgan fingerprint density at radius 1 is 1.40 bits per heavy atom. The van der Waals surface area contributed by atoms with Crippen molar-refractivity contribution in [3.63, 3.8) is 0 Å². The van der Waals surface area contributed by atoms with Crippen LogP contribution in [0.4, 0.5) is 0 Å². The van der Waals surface area contributed by atoms with Gasteiger partial charge in [0.1, 0.15) is 11.5 Å². The van der Waals surface area contributed by atoms with Crippen LogP contribution >= 0.6 is 0 Å². The fraction of sp³-hybridized carbons (Fsp3) is 0.545. The molecule has 0 N–H and O–H groups in total. The van der Waals surface area contributed by atoms with Gasteiger partial charge in [0.2, 0.25) is 5.88 Å². The molecule has 1 saturated carbocycles. The lowest BCUT2D eigenvalue weighted by Gasteiger charge is -2.20. The van der Waals surface area contributed by atoms with Crippen molar-refractivity contribution in [1.29, 1.82) is 0 Å². The van der Waals surface area contributed by atoms with Crippen LogP contribution in [-0.2, 0) is 4.79 Å². The number of ketones is 1. The zero-order valence-electron chi connectivity index (χ0n) is 8.77. The van der Waals surface area contributed by atoms with E-state index in [2.05, 4.69) is 9.97 Å². The lowest BCUT2D eigenvalue weighted by molar-refractivity contribution is -0.120. The predicted molar refractivity (Wildman–Crippen MR) is 54.8 cm³/mol. The van der Waals surface area contributed by atoms with Crippen LogP contribution in [0.15, 0.2) is 12.4 Å². The minimum atomic E-state index is 0.190. The monoisotopic (exact) mass is 206 g/mol. The van der Waals surface area contributed by atoms with Crippen molar-refractivity contribution >= 4 is 5.78 Å². The minimum Gasteiger partial charge on any atom is -0.480 e. The summed E-state index contributed by atoms with van der Waals surface area (Å²) in [5.74, 6) is 1.06. The topological polar surface area (TPSA) is 52.1 Å². The first-order valence-corrected chi connectivity index (χ1v) is 5.18. The van der Waals surface area contributed by atoms with Crippen molar-refractivity contribution in [2.45, 2.75) is 31.6 Å². The average molecular weight is 206 g/mol. The molecule has 1 heterocycles. The van der Waals surface area contributed by atoms with Crippen LogP contribution < -0.4 is 4.74 Å². The van der Waals surface area contributed by atoms with E-state index in [1.165, 1.54) is 0 Å². The normalized spacial score (nSPS) is 21.4. The van der Waals surface area contributed by atoms with Gasteiger partial charge in [-0.15, -0.1) is 0 Å². The Morgan fingerprint density at radius 3 is 2.93 bits per heavy atom. The van der Waals surface area contributed by atoms with Crippen LogP contribution in [-0.4, -0.2) is 22.9 Å². The predicted octanol–water partition coefficient (Wildman–Crippen LogP) is 1.71. The number of hydrogen-bond donors (Lipinski definition) is 0. The molecule has 2 rings (SSSR count). The van der Waals surface area contributed by atoms with Crippen LogP contribution in [0.25, 0.3) is 0 Å². The van der Waals surface area contributed by atoms with Gasteiger partial charge in [-0.25, -0.2) is 4.98 Å². The summed E-state index contributed by atoms with van der Waals surface area (Å²) in [6, 6.07) is 0. The van der Waals surface area contributed by atoms with Gasteiger partial charge in [-0.2, -0.15) is 0 Å². The molecule has 15 heavy (non-hydrogen) atoms. The van der Waals surface area contributed by atoms with Gasteiger partial charge in [-0.1, -0.05) is 0 Å². The van der Waals surface area contributed by atoms with Gasteiger partial charge in [0, 0.05) is 31.2 Å². The van der Waals surface area contributed by atoms with E-state index in [4.69, 9.17) is 4.74 Å². The third-order valence-electron chi connectivity index (χ3n) is 2.75. The summed E-state index contributed by atoms with van der Waals surface area (Å²) in [7, 11) is 1.58. The highest BCUT2D eigenvalue weighted by Gasteiger charge is 2.25. The number of rotatable bonds is 2. The number of Topliss-reactive ketones (excluding diaryl/α,β-unsaturated/α-hetero) is 1. The molecule has 0 bridgehead atoms. The summed E-state index contributed by atoms with van der Waals surface area (Å²) < 4.78 is 5.15. The molecule has 1 unspecified atom stereocenters. The summed E-state index contributed by atoms with van der Waals surface area (Å²) >= 11 is 0. The lowest BCUT2D eigenvalue weighted by atomic mass is 9.86. The Bertz CT molecular complexity index is 365. The van der Waals surface area contributed by atoms with E-state index >= 15 is 0 Å². The molecule has 0 spiro atoms. The second kappa shape index (κ2) is 4.38. The molecule has 1 aliphatic rings. The Kier molecular flexibility index (Phi) is 2.94. The number of ether oxygens (including phenoxy) is 1. The summed E-state index contributed by atoms with van der Waals surface area (Å²) in [5.41, 5.74) is 0.827. The molecule has 1 aromatic rings. The van der Waals surface area contributed by atoms with Crippen molar-refractivity contribution in [2.24, 2.45) is 0 Å². The number of carbonyl (C=O) groups is 1. The lowest BCUT2D eigenvalue weighted by Crippen LogP contribution is -2.15. The molecule has 1 aromatic heterocycles. The smallest absolute Gasteiger partial charge is 0.235 e. The van der Waals surface area contributed by atoms with Gasteiger partial charge in [0.15, 0.2) is 0 Å². The Labute approximate surface area is 88.7 Å². The maximum Gasteiger partial charge on any atom is 0.235 e. The number of carbonyl (C=O) groups excluding carboxylic acids is 1. The van der Waals surface area contributed by atoms with Crippen LogP contribution in [0.3, 0.4) is 0 Å². The molecule has 0 amide bonds. The van der Waals surface area contributed by atoms with E-state index in [0.717, 1.165) is 18.5 Å². The van der Waals surface area contributed by atoms with Gasteiger partial charge < -0.3 is 4.74 Å². The summed E-state index contributed by atoms with van der Waals surface area (Å²) in [6.45, 7) is 0. The largest absolute Gasteiger partial charge is 0.480 e. The van der Waals surface area contributed by atoms with Gasteiger partial charge in [-0.3, -0.25) is 9.78 Å². The Balaban J connectivity index is 2.24. The molecule has 1 fully saturated rings. The SMILES string of the molecule is COc1nccnc1C1CCCC(=O)C1. The molecule has 4 heteroatoms. The molecule has 0 saturated heterocycles. The summed E-state index contributed by atoms with van der Waals surface area (Å²) in [5, 5.41) is 0. The van der Waals surface area contributed by atoms with Crippen LogP contribution in [0.5, 0.6) is 5.88 Å². The fourth-order valence-electron chi connectivity index (χ4n) is 2.03. The molecule has 4 nitrogen and oxygen atoms in total. The van der Waals surface area contributed by atoms with Crippen molar-refractivity contribution in [3.8, 4) is 5.88 Å². The molecule has 0 aromatic carbocycles. The highest BCUT2D eigenvalue weighted by Crippen LogP contribution is 2.33. The van der Waals surface area contributed by atoms with Gasteiger partial charge in [0.25, 0.3) is 0 Å². The van der Waals surface area contributed by atoms with E-state index in [1.54, 1.807) is 19.5 Å². The molecular formula is C11H14N2O2. The molecule has 0 radical (unpaired) electrons. The molecular weight excluding hydrogens is 192 g/mol. The summed E-state index contributed by atoms with van der Waals surface area (Å²) in [6.07, 6.45) is 6.49. The van der Waals surface area contributed by atoms with Crippen molar-refractivity contribution < 1.29 is 9.53 Å². The third-order valence-corrected chi connectivity index (χ3v) is 2.75. The quantitative estimate of drug-likeness (QED) is 0.739. The zero-order chi connectivity index (χ0) is 10.7. The fourth-order valence-corrected chi connectivity index (χ4v) is 2.03. The molecule has 1 atom stereocenters. The van der Waals surface area contributed by atoms with Crippen molar-refractivity contribution in [3.05, 3.63) is 18.1 Å². The molecule has 80 valence electrons. The first kappa shape index (κ1) is 10.1. The number of methoxy groups -OCH3 is 1. The van der Waals surface area contributed by atoms with E-state index in [1.807, 2.05) is 0 Å². The average Bonchev–Trinajstić information content (AvgIpc) is 2.29. The maximum absolute atomic E-state index is 11.4. The third kappa shape index (κ3) is 2.14. The highest BCUT2D eigenvalue weighted by atomic mass is 16.5. The standard InChI is InChI=1S/C11H14N2O2/c1-15-11-10(12-5-6-13-11)8-3-2-4-9(14)7-8/h5-6,8H,2-4,7H2,1H3. The van der Waals surface area contributed by atoms with Gasteiger partial charge in [0.05, 0.1) is 7.11 Å². The Hall–Kier alpha value is -1.45. The second-order valence-corrected chi connectivity index (χ2v) is 3.78.